The van der Waals surface area contributed by atoms with Crippen molar-refractivity contribution in [2.45, 2.75) is 19.5 Å². The molecule has 0 unspecified atom stereocenters. The van der Waals surface area contributed by atoms with Crippen LogP contribution in [0.3, 0.4) is 0 Å². The minimum absolute atomic E-state index is 0.000455. The number of aryl methyl sites for hydroxylation is 1. The van der Waals surface area contributed by atoms with Gasteiger partial charge in [-0.1, -0.05) is 16.8 Å². The fourth-order valence-corrected chi connectivity index (χ4v) is 1.78. The Morgan fingerprint density at radius 2 is 2.17 bits per heavy atom. The van der Waals surface area contributed by atoms with Crippen LogP contribution in [0.1, 0.15) is 17.8 Å². The summed E-state index contributed by atoms with van der Waals surface area (Å²) in [5.74, 6) is 0.0180. The van der Waals surface area contributed by atoms with Crippen molar-refractivity contribution in [3.63, 3.8) is 0 Å². The van der Waals surface area contributed by atoms with Crippen LogP contribution in [0.15, 0.2) is 16.8 Å². The zero-order valence-electron chi connectivity index (χ0n) is 11.7. The average molecular weight is 350 g/mol. The third kappa shape index (κ3) is 4.81. The number of carbonyl (C=O) groups excluding carboxylic acids is 1. The number of halogens is 4. The molecule has 2 rings (SSSR count). The van der Waals surface area contributed by atoms with Gasteiger partial charge in [-0.3, -0.25) is 10.1 Å². The number of nitrogens with zero attached hydrogens (tertiary/aromatic N) is 3. The highest BCUT2D eigenvalue weighted by molar-refractivity contribution is 6.32. The molecule has 1 amide bonds. The number of carbonyl (C=O) groups is 1. The molecule has 23 heavy (non-hydrogen) atoms. The minimum Gasteiger partial charge on any atom is -0.368 e. The summed E-state index contributed by atoms with van der Waals surface area (Å²) in [6.07, 6.45) is -3.85. The van der Waals surface area contributed by atoms with Crippen LogP contribution in [0.5, 0.6) is 0 Å². The van der Waals surface area contributed by atoms with E-state index in [1.165, 1.54) is 0 Å². The fourth-order valence-electron chi connectivity index (χ4n) is 1.55. The molecule has 0 aliphatic heterocycles. The van der Waals surface area contributed by atoms with E-state index in [2.05, 4.69) is 25.8 Å². The molecule has 2 heterocycles. The zero-order valence-corrected chi connectivity index (χ0v) is 12.5. The number of pyridine rings is 1. The Kier molecular flexibility index (Phi) is 5.04. The lowest BCUT2D eigenvalue weighted by Crippen LogP contribution is -2.17. The van der Waals surface area contributed by atoms with Crippen molar-refractivity contribution in [2.75, 3.05) is 17.2 Å². The lowest BCUT2D eigenvalue weighted by atomic mass is 10.2. The predicted octanol–water partition coefficient (Wildman–Crippen LogP) is 2.89. The van der Waals surface area contributed by atoms with E-state index >= 15 is 0 Å². The Bertz CT molecular complexity index is 704. The molecular weight excluding hydrogens is 339 g/mol. The predicted molar refractivity (Wildman–Crippen MR) is 75.0 cm³/mol. The largest absolute Gasteiger partial charge is 0.417 e. The lowest BCUT2D eigenvalue weighted by Gasteiger charge is -2.10. The molecule has 7 nitrogen and oxygen atoms in total. The molecule has 0 atom stereocenters. The van der Waals surface area contributed by atoms with Gasteiger partial charge in [0.2, 0.25) is 5.91 Å². The van der Waals surface area contributed by atoms with E-state index < -0.39 is 17.6 Å². The van der Waals surface area contributed by atoms with Gasteiger partial charge < -0.3 is 9.84 Å². The first-order chi connectivity index (χ1) is 10.8. The van der Waals surface area contributed by atoms with Crippen molar-refractivity contribution in [3.8, 4) is 0 Å². The van der Waals surface area contributed by atoms with Crippen LogP contribution in [-0.4, -0.2) is 27.6 Å². The first-order valence-corrected chi connectivity index (χ1v) is 6.70. The van der Waals surface area contributed by atoms with Gasteiger partial charge in [-0.05, 0) is 13.0 Å². The Hall–Kier alpha value is -2.36. The second-order valence-electron chi connectivity index (χ2n) is 4.42. The van der Waals surface area contributed by atoms with Crippen LogP contribution in [-0.2, 0) is 11.0 Å². The molecule has 0 aromatic carbocycles. The van der Waals surface area contributed by atoms with Gasteiger partial charge >= 0.3 is 12.2 Å². The van der Waals surface area contributed by atoms with Gasteiger partial charge in [-0.15, -0.1) is 0 Å². The van der Waals surface area contributed by atoms with Gasteiger partial charge in [0, 0.05) is 19.2 Å². The molecule has 2 aromatic rings. The lowest BCUT2D eigenvalue weighted by molar-refractivity contribution is -0.137. The Labute approximate surface area is 133 Å². The van der Waals surface area contributed by atoms with Crippen LogP contribution < -0.4 is 10.6 Å². The smallest absolute Gasteiger partial charge is 0.368 e. The maximum Gasteiger partial charge on any atom is 0.417 e. The summed E-state index contributed by atoms with van der Waals surface area (Å²) in [5.41, 5.74) is -0.947. The fraction of sp³-hybridized carbons (Fsp3) is 0.333. The van der Waals surface area contributed by atoms with Gasteiger partial charge in [-0.2, -0.15) is 18.2 Å². The number of nitrogens with one attached hydrogen (secondary N) is 2. The van der Waals surface area contributed by atoms with Gasteiger partial charge in [0.05, 0.1) is 10.6 Å². The highest BCUT2D eigenvalue weighted by Crippen LogP contribution is 2.32. The van der Waals surface area contributed by atoms with E-state index in [4.69, 9.17) is 16.1 Å². The number of alkyl halides is 3. The third-order valence-electron chi connectivity index (χ3n) is 2.59. The van der Waals surface area contributed by atoms with E-state index in [-0.39, 0.29) is 29.8 Å². The molecule has 0 fully saturated rings. The zero-order chi connectivity index (χ0) is 17.0. The molecule has 0 aliphatic rings. The van der Waals surface area contributed by atoms with Crippen LogP contribution >= 0.6 is 11.6 Å². The monoisotopic (exact) mass is 349 g/mol. The maximum atomic E-state index is 12.5. The molecule has 0 radical (unpaired) electrons. The van der Waals surface area contributed by atoms with Crippen molar-refractivity contribution >= 4 is 29.3 Å². The SMILES string of the molecule is Cc1noc(NC(=O)CCNc2ncc(C(F)(F)F)cc2Cl)n1. The first-order valence-electron chi connectivity index (χ1n) is 6.32. The van der Waals surface area contributed by atoms with Crippen molar-refractivity contribution in [3.05, 3.63) is 28.7 Å². The molecule has 2 aromatic heterocycles. The number of hydrogen-bond donors (Lipinski definition) is 2. The Morgan fingerprint density at radius 1 is 1.43 bits per heavy atom. The van der Waals surface area contributed by atoms with Gasteiger partial charge in [0.1, 0.15) is 5.82 Å². The topological polar surface area (TPSA) is 92.9 Å². The molecule has 11 heteroatoms. The van der Waals surface area contributed by atoms with Crippen LogP contribution in [0.4, 0.5) is 25.0 Å². The Morgan fingerprint density at radius 3 is 2.74 bits per heavy atom. The minimum atomic E-state index is -4.52. The van der Waals surface area contributed by atoms with Crippen molar-refractivity contribution in [1.82, 2.24) is 15.1 Å². The van der Waals surface area contributed by atoms with Crippen molar-refractivity contribution < 1.29 is 22.5 Å². The third-order valence-corrected chi connectivity index (χ3v) is 2.88. The normalized spacial score (nSPS) is 11.3. The molecule has 0 bridgehead atoms. The summed E-state index contributed by atoms with van der Waals surface area (Å²) in [5, 5.41) is 8.36. The summed E-state index contributed by atoms with van der Waals surface area (Å²) >= 11 is 5.72. The molecule has 0 saturated heterocycles. The van der Waals surface area contributed by atoms with E-state index in [1.807, 2.05) is 0 Å². The summed E-state index contributed by atoms with van der Waals surface area (Å²) in [4.78, 5) is 19.0. The molecule has 124 valence electrons. The highest BCUT2D eigenvalue weighted by atomic mass is 35.5. The number of hydrogen-bond acceptors (Lipinski definition) is 6. The number of rotatable bonds is 5. The standard InChI is InChI=1S/C12H11ClF3N5O2/c1-6-19-11(23-21-6)20-9(22)2-3-17-10-8(13)4-7(5-18-10)12(14,15)16/h4-5H,2-3H2,1H3,(H,17,18)(H,19,20,21,22). The molecule has 0 saturated carbocycles. The first kappa shape index (κ1) is 17.0. The van der Waals surface area contributed by atoms with Crippen molar-refractivity contribution in [1.29, 1.82) is 0 Å². The van der Waals surface area contributed by atoms with Crippen LogP contribution in [0.2, 0.25) is 5.02 Å². The Balaban J connectivity index is 1.85. The van der Waals surface area contributed by atoms with Gasteiger partial charge in [0.15, 0.2) is 5.82 Å². The van der Waals surface area contributed by atoms with Crippen LogP contribution in [0.25, 0.3) is 0 Å². The summed E-state index contributed by atoms with van der Waals surface area (Å²) < 4.78 is 42.1. The van der Waals surface area contributed by atoms with E-state index in [0.29, 0.717) is 12.0 Å². The summed E-state index contributed by atoms with van der Waals surface area (Å²) in [6, 6.07) is 0.733. The van der Waals surface area contributed by atoms with Gasteiger partial charge in [-0.25, -0.2) is 4.98 Å². The molecule has 2 N–H and O–H groups in total. The van der Waals surface area contributed by atoms with Crippen molar-refractivity contribution in [2.24, 2.45) is 0 Å². The van der Waals surface area contributed by atoms with E-state index in [0.717, 1.165) is 6.07 Å². The highest BCUT2D eigenvalue weighted by Gasteiger charge is 2.31. The van der Waals surface area contributed by atoms with Crippen LogP contribution in [0, 0.1) is 6.92 Å². The average Bonchev–Trinajstić information content (AvgIpc) is 2.84. The molecular formula is C12H11ClF3N5O2. The van der Waals surface area contributed by atoms with E-state index in [1.54, 1.807) is 6.92 Å². The molecule has 0 spiro atoms. The second kappa shape index (κ2) is 6.82. The quantitative estimate of drug-likeness (QED) is 0.862. The second-order valence-corrected chi connectivity index (χ2v) is 4.83. The number of amides is 1. The summed E-state index contributed by atoms with van der Waals surface area (Å²) in [7, 11) is 0. The molecule has 0 aliphatic carbocycles. The van der Waals surface area contributed by atoms with E-state index in [9.17, 15) is 18.0 Å². The van der Waals surface area contributed by atoms with Gasteiger partial charge in [0.25, 0.3) is 0 Å². The maximum absolute atomic E-state index is 12.5. The number of aromatic nitrogens is 3. The summed E-state index contributed by atoms with van der Waals surface area (Å²) in [6.45, 7) is 1.70. The number of anilines is 2.